The number of thioether (sulfide) groups is 1. The Bertz CT molecular complexity index is 653. The molecule has 1 saturated carbocycles. The lowest BCUT2D eigenvalue weighted by atomic mass is 9.79. The first-order valence-corrected chi connectivity index (χ1v) is 11.2. The van der Waals surface area contributed by atoms with Crippen LogP contribution < -0.4 is 16.0 Å². The van der Waals surface area contributed by atoms with Gasteiger partial charge in [0, 0.05) is 42.5 Å². The minimum absolute atomic E-state index is 0.0745. The van der Waals surface area contributed by atoms with E-state index in [0.717, 1.165) is 62.5 Å². The summed E-state index contributed by atoms with van der Waals surface area (Å²) in [6, 6.07) is 4.69. The Hall–Kier alpha value is -1.31. The molecule has 3 heterocycles. The van der Waals surface area contributed by atoms with Crippen molar-refractivity contribution in [1.82, 2.24) is 15.6 Å². The minimum Gasteiger partial charge on any atom is -0.381 e. The number of carbonyl (C=O) groups excluding carboxylic acids is 1. The number of nitrogens with zero attached hydrogens (tertiary/aromatic N) is 1. The average molecular weight is 391 g/mol. The molecule has 3 aliphatic rings. The summed E-state index contributed by atoms with van der Waals surface area (Å²) < 4.78 is 5.44. The second-order valence-corrected chi connectivity index (χ2v) is 9.21. The zero-order chi connectivity index (χ0) is 18.6. The summed E-state index contributed by atoms with van der Waals surface area (Å²) in [7, 11) is 0. The second kappa shape index (κ2) is 8.80. The van der Waals surface area contributed by atoms with Crippen LogP contribution in [-0.4, -0.2) is 53.4 Å². The molecule has 0 spiro atoms. The van der Waals surface area contributed by atoms with Gasteiger partial charge in [-0.1, -0.05) is 0 Å². The Morgan fingerprint density at radius 3 is 2.96 bits per heavy atom. The highest BCUT2D eigenvalue weighted by molar-refractivity contribution is 7.99. The van der Waals surface area contributed by atoms with E-state index in [4.69, 9.17) is 4.74 Å². The molecule has 2 saturated heterocycles. The smallest absolute Gasteiger partial charge is 0.225 e. The van der Waals surface area contributed by atoms with Crippen molar-refractivity contribution >= 4 is 23.4 Å². The fourth-order valence-corrected chi connectivity index (χ4v) is 5.57. The van der Waals surface area contributed by atoms with Crippen LogP contribution in [-0.2, 0) is 9.53 Å². The Balaban J connectivity index is 1.31. The molecule has 3 fully saturated rings. The van der Waals surface area contributed by atoms with Crippen molar-refractivity contribution in [3.63, 3.8) is 0 Å². The van der Waals surface area contributed by atoms with E-state index in [0.29, 0.717) is 11.3 Å². The number of hydrogen-bond donors (Lipinski definition) is 3. The lowest BCUT2D eigenvalue weighted by Gasteiger charge is -2.43. The molecule has 0 radical (unpaired) electrons. The van der Waals surface area contributed by atoms with Gasteiger partial charge in [0.2, 0.25) is 5.91 Å². The van der Waals surface area contributed by atoms with Crippen molar-refractivity contribution < 1.29 is 9.53 Å². The molecule has 0 aromatic carbocycles. The van der Waals surface area contributed by atoms with Crippen LogP contribution in [0.25, 0.3) is 0 Å². The zero-order valence-electron chi connectivity index (χ0n) is 15.9. The Kier molecular flexibility index (Phi) is 6.20. The quantitative estimate of drug-likeness (QED) is 0.716. The number of hydrogen-bond acceptors (Lipinski definition) is 6. The first-order chi connectivity index (χ1) is 13.2. The van der Waals surface area contributed by atoms with Crippen LogP contribution in [0, 0.1) is 12.8 Å². The number of anilines is 1. The molecule has 7 heteroatoms. The van der Waals surface area contributed by atoms with Gasteiger partial charge in [0.1, 0.15) is 0 Å². The van der Waals surface area contributed by atoms with Gasteiger partial charge in [-0.15, -0.1) is 0 Å². The summed E-state index contributed by atoms with van der Waals surface area (Å²) in [5, 5.41) is 11.2. The van der Waals surface area contributed by atoms with Crippen molar-refractivity contribution in [3.05, 3.63) is 24.0 Å². The zero-order valence-corrected chi connectivity index (χ0v) is 16.8. The SMILES string of the molecule is Cc1ncccc1NC1CCC2C(=O)NC(CSC3CCOCC3)NC2C1. The van der Waals surface area contributed by atoms with Gasteiger partial charge >= 0.3 is 0 Å². The van der Waals surface area contributed by atoms with Crippen LogP contribution in [0.1, 0.15) is 37.8 Å². The number of aryl methyl sites for hydroxylation is 1. The van der Waals surface area contributed by atoms with E-state index in [1.165, 1.54) is 0 Å². The van der Waals surface area contributed by atoms with Crippen molar-refractivity contribution in [3.8, 4) is 0 Å². The molecule has 148 valence electrons. The monoisotopic (exact) mass is 390 g/mol. The van der Waals surface area contributed by atoms with Gasteiger partial charge in [-0.2, -0.15) is 11.8 Å². The normalized spacial score (nSPS) is 31.8. The van der Waals surface area contributed by atoms with Gasteiger partial charge in [-0.25, -0.2) is 0 Å². The predicted octanol–water partition coefficient (Wildman–Crippen LogP) is 2.30. The minimum atomic E-state index is 0.0745. The Morgan fingerprint density at radius 1 is 1.30 bits per heavy atom. The number of amides is 1. The van der Waals surface area contributed by atoms with E-state index in [2.05, 4.69) is 27.0 Å². The molecule has 6 nitrogen and oxygen atoms in total. The molecule has 1 amide bonds. The summed E-state index contributed by atoms with van der Waals surface area (Å²) in [4.78, 5) is 17.0. The van der Waals surface area contributed by atoms with Gasteiger partial charge in [0.05, 0.1) is 23.5 Å². The molecular weight excluding hydrogens is 360 g/mol. The molecule has 1 aromatic rings. The van der Waals surface area contributed by atoms with Gasteiger partial charge in [-0.05, 0) is 51.2 Å². The van der Waals surface area contributed by atoms with Crippen molar-refractivity contribution in [2.45, 2.75) is 62.5 Å². The highest BCUT2D eigenvalue weighted by atomic mass is 32.2. The van der Waals surface area contributed by atoms with Crippen molar-refractivity contribution in [2.75, 3.05) is 24.3 Å². The number of fused-ring (bicyclic) bond motifs is 1. The van der Waals surface area contributed by atoms with Crippen LogP contribution in [0.15, 0.2) is 18.3 Å². The van der Waals surface area contributed by atoms with Crippen molar-refractivity contribution in [1.29, 1.82) is 0 Å². The highest BCUT2D eigenvalue weighted by Crippen LogP contribution is 2.31. The maximum atomic E-state index is 12.6. The largest absolute Gasteiger partial charge is 0.381 e. The third-order valence-corrected chi connectivity index (χ3v) is 7.42. The van der Waals surface area contributed by atoms with E-state index in [1.807, 2.05) is 30.9 Å². The summed E-state index contributed by atoms with van der Waals surface area (Å²) in [5.74, 6) is 1.26. The molecular formula is C20H30N4O2S. The molecule has 4 unspecified atom stereocenters. The number of ether oxygens (including phenoxy) is 1. The highest BCUT2D eigenvalue weighted by Gasteiger charge is 2.40. The standard InChI is InChI=1S/C20H30N4O2S/c1-13-17(3-2-8-21-13)22-14-4-5-16-18(11-14)23-19(24-20(16)25)12-27-15-6-9-26-10-7-15/h2-3,8,14-16,18-19,22-23H,4-7,9-12H2,1H3,(H,24,25). The second-order valence-electron chi connectivity index (χ2n) is 7.88. The van der Waals surface area contributed by atoms with E-state index >= 15 is 0 Å². The third-order valence-electron chi connectivity index (χ3n) is 5.95. The summed E-state index contributed by atoms with van der Waals surface area (Å²) in [6.45, 7) is 3.77. The van der Waals surface area contributed by atoms with Crippen LogP contribution in [0.5, 0.6) is 0 Å². The van der Waals surface area contributed by atoms with Crippen molar-refractivity contribution in [2.24, 2.45) is 5.92 Å². The molecule has 0 bridgehead atoms. The maximum absolute atomic E-state index is 12.6. The number of aromatic nitrogens is 1. The molecule has 4 rings (SSSR count). The fourth-order valence-electron chi connectivity index (χ4n) is 4.40. The van der Waals surface area contributed by atoms with Gasteiger partial charge in [0.15, 0.2) is 0 Å². The molecule has 27 heavy (non-hydrogen) atoms. The van der Waals surface area contributed by atoms with E-state index < -0.39 is 0 Å². The first kappa shape index (κ1) is 19.0. The molecule has 3 N–H and O–H groups in total. The van der Waals surface area contributed by atoms with E-state index in [1.54, 1.807) is 0 Å². The van der Waals surface area contributed by atoms with E-state index in [9.17, 15) is 4.79 Å². The Labute approximate surface area is 165 Å². The summed E-state index contributed by atoms with van der Waals surface area (Å²) >= 11 is 1.97. The summed E-state index contributed by atoms with van der Waals surface area (Å²) in [5.41, 5.74) is 2.13. The van der Waals surface area contributed by atoms with Crippen LogP contribution in [0.2, 0.25) is 0 Å². The molecule has 1 aliphatic carbocycles. The molecule has 2 aliphatic heterocycles. The number of pyridine rings is 1. The van der Waals surface area contributed by atoms with E-state index in [-0.39, 0.29) is 24.0 Å². The maximum Gasteiger partial charge on any atom is 0.225 e. The first-order valence-electron chi connectivity index (χ1n) is 10.1. The van der Waals surface area contributed by atoms with Gasteiger partial charge in [-0.3, -0.25) is 15.1 Å². The van der Waals surface area contributed by atoms with Gasteiger partial charge in [0.25, 0.3) is 0 Å². The summed E-state index contributed by atoms with van der Waals surface area (Å²) in [6.07, 6.45) is 7.06. The molecule has 1 aromatic heterocycles. The van der Waals surface area contributed by atoms with Crippen LogP contribution in [0.3, 0.4) is 0 Å². The fraction of sp³-hybridized carbons (Fsp3) is 0.700. The van der Waals surface area contributed by atoms with Crippen LogP contribution >= 0.6 is 11.8 Å². The number of rotatable bonds is 5. The third kappa shape index (κ3) is 4.76. The number of nitrogens with one attached hydrogen (secondary N) is 3. The molecule has 4 atom stereocenters. The number of carbonyl (C=O) groups is 1. The Morgan fingerprint density at radius 2 is 2.15 bits per heavy atom. The average Bonchev–Trinajstić information content (AvgIpc) is 2.69. The lowest BCUT2D eigenvalue weighted by Crippen LogP contribution is -2.64. The van der Waals surface area contributed by atoms with Crippen LogP contribution in [0.4, 0.5) is 5.69 Å². The predicted molar refractivity (Wildman–Crippen MR) is 109 cm³/mol. The lowest BCUT2D eigenvalue weighted by molar-refractivity contribution is -0.130. The topological polar surface area (TPSA) is 75.3 Å². The van der Waals surface area contributed by atoms with Gasteiger partial charge < -0.3 is 15.4 Å².